The smallest absolute Gasteiger partial charge is 0.138 e. The van der Waals surface area contributed by atoms with Gasteiger partial charge in [-0.05, 0) is 19.1 Å². The lowest BCUT2D eigenvalue weighted by Gasteiger charge is -2.05. The van der Waals surface area contributed by atoms with E-state index in [1.807, 2.05) is 12.1 Å². The van der Waals surface area contributed by atoms with Crippen LogP contribution in [0.2, 0.25) is 5.02 Å². The topological polar surface area (TPSA) is 41.8 Å². The molecule has 0 aromatic heterocycles. The first-order valence-corrected chi connectivity index (χ1v) is 4.16. The highest BCUT2D eigenvalue weighted by molar-refractivity contribution is 6.32. The molecule has 70 valence electrons. The zero-order valence-corrected chi connectivity index (χ0v) is 7.95. The molecule has 1 aromatic carbocycles. The van der Waals surface area contributed by atoms with Crippen molar-refractivity contribution in [3.05, 3.63) is 29.3 Å². The van der Waals surface area contributed by atoms with Crippen LogP contribution in [0.4, 0.5) is 0 Å². The first kappa shape index (κ1) is 9.86. The van der Waals surface area contributed by atoms with Gasteiger partial charge in [0.15, 0.2) is 0 Å². The van der Waals surface area contributed by atoms with Gasteiger partial charge in [0.05, 0.1) is 10.7 Å². The number of oxime groups is 1. The van der Waals surface area contributed by atoms with Crippen molar-refractivity contribution in [2.24, 2.45) is 5.16 Å². The molecule has 0 aliphatic heterocycles. The highest BCUT2D eigenvalue weighted by Gasteiger charge is 1.99. The Balaban J connectivity index is 2.60. The van der Waals surface area contributed by atoms with Gasteiger partial charge < -0.3 is 9.94 Å². The highest BCUT2D eigenvalue weighted by Crippen LogP contribution is 2.22. The zero-order valence-electron chi connectivity index (χ0n) is 7.20. The van der Waals surface area contributed by atoms with Gasteiger partial charge in [-0.2, -0.15) is 0 Å². The molecule has 0 amide bonds. The molecule has 0 spiro atoms. The van der Waals surface area contributed by atoms with Gasteiger partial charge in [-0.15, -0.1) is 0 Å². The molecule has 0 fully saturated rings. The average Bonchev–Trinajstić information content (AvgIpc) is 2.16. The predicted molar refractivity (Wildman–Crippen MR) is 51.8 cm³/mol. The summed E-state index contributed by atoms with van der Waals surface area (Å²) in [7, 11) is 0. The Hall–Kier alpha value is -1.22. The molecule has 0 saturated heterocycles. The van der Waals surface area contributed by atoms with Crippen LogP contribution in [-0.4, -0.2) is 17.5 Å². The second-order valence-corrected chi connectivity index (χ2v) is 2.96. The lowest BCUT2D eigenvalue weighted by atomic mass is 10.3. The summed E-state index contributed by atoms with van der Waals surface area (Å²) in [5.74, 6) is 0.590. The van der Waals surface area contributed by atoms with E-state index in [4.69, 9.17) is 21.5 Å². The van der Waals surface area contributed by atoms with Gasteiger partial charge in [-0.3, -0.25) is 0 Å². The van der Waals surface area contributed by atoms with E-state index < -0.39 is 0 Å². The second kappa shape index (κ2) is 4.72. The van der Waals surface area contributed by atoms with Gasteiger partial charge in [0.2, 0.25) is 0 Å². The molecule has 0 aliphatic rings. The first-order chi connectivity index (χ1) is 6.24. The van der Waals surface area contributed by atoms with Gasteiger partial charge in [0.1, 0.15) is 12.4 Å². The van der Waals surface area contributed by atoms with Crippen LogP contribution in [0.3, 0.4) is 0 Å². The molecule has 3 nitrogen and oxygen atoms in total. The fraction of sp³-hybridized carbons (Fsp3) is 0.222. The normalized spacial score (nSPS) is 11.4. The minimum Gasteiger partial charge on any atom is -0.486 e. The lowest BCUT2D eigenvalue weighted by Crippen LogP contribution is -2.07. The van der Waals surface area contributed by atoms with Crippen molar-refractivity contribution in [3.8, 4) is 5.75 Å². The van der Waals surface area contributed by atoms with Crippen LogP contribution >= 0.6 is 11.6 Å². The van der Waals surface area contributed by atoms with E-state index in [1.54, 1.807) is 19.1 Å². The SMILES string of the molecule is CC(COc1ccccc1Cl)=NO. The number of nitrogens with zero attached hydrogens (tertiary/aromatic N) is 1. The van der Waals surface area contributed by atoms with Gasteiger partial charge in [-0.1, -0.05) is 28.9 Å². The number of hydrogen-bond donors (Lipinski definition) is 1. The lowest BCUT2D eigenvalue weighted by molar-refractivity contribution is 0.307. The monoisotopic (exact) mass is 199 g/mol. The molecule has 13 heavy (non-hydrogen) atoms. The predicted octanol–water partition coefficient (Wildman–Crippen LogP) is 2.57. The van der Waals surface area contributed by atoms with Gasteiger partial charge >= 0.3 is 0 Å². The first-order valence-electron chi connectivity index (χ1n) is 3.79. The Morgan fingerprint density at radius 2 is 2.23 bits per heavy atom. The molecule has 1 aromatic rings. The van der Waals surface area contributed by atoms with Crippen LogP contribution in [-0.2, 0) is 0 Å². The van der Waals surface area contributed by atoms with Crippen molar-refractivity contribution in [2.45, 2.75) is 6.92 Å². The molecule has 0 atom stereocenters. The molecule has 0 heterocycles. The van der Waals surface area contributed by atoms with Crippen LogP contribution in [0.15, 0.2) is 29.4 Å². The summed E-state index contributed by atoms with van der Waals surface area (Å²) < 4.78 is 5.27. The van der Waals surface area contributed by atoms with E-state index in [0.717, 1.165) is 0 Å². The molecule has 4 heteroatoms. The van der Waals surface area contributed by atoms with Gasteiger partial charge in [-0.25, -0.2) is 0 Å². The number of halogens is 1. The summed E-state index contributed by atoms with van der Waals surface area (Å²) in [6.45, 7) is 1.90. The average molecular weight is 200 g/mol. The van der Waals surface area contributed by atoms with Crippen LogP contribution in [0.25, 0.3) is 0 Å². The van der Waals surface area contributed by atoms with Crippen LogP contribution in [0.1, 0.15) is 6.92 Å². The molecular weight excluding hydrogens is 190 g/mol. The molecule has 0 unspecified atom stereocenters. The minimum absolute atomic E-state index is 0.236. The molecular formula is C9H10ClNO2. The maximum atomic E-state index is 8.36. The maximum Gasteiger partial charge on any atom is 0.138 e. The van der Waals surface area contributed by atoms with Gasteiger partial charge in [0, 0.05) is 0 Å². The van der Waals surface area contributed by atoms with Crippen LogP contribution < -0.4 is 4.74 Å². The number of para-hydroxylation sites is 1. The summed E-state index contributed by atoms with van der Waals surface area (Å²) in [6, 6.07) is 7.14. The summed E-state index contributed by atoms with van der Waals surface area (Å²) in [6.07, 6.45) is 0. The van der Waals surface area contributed by atoms with Crippen molar-refractivity contribution >= 4 is 17.3 Å². The fourth-order valence-corrected chi connectivity index (χ4v) is 0.963. The maximum absolute atomic E-state index is 8.36. The number of hydrogen-bond acceptors (Lipinski definition) is 3. The van der Waals surface area contributed by atoms with Crippen LogP contribution in [0, 0.1) is 0 Å². The third-order valence-electron chi connectivity index (χ3n) is 1.44. The number of ether oxygens (including phenoxy) is 1. The van der Waals surface area contributed by atoms with E-state index in [-0.39, 0.29) is 6.61 Å². The number of rotatable bonds is 3. The molecule has 1 rings (SSSR count). The fourth-order valence-electron chi connectivity index (χ4n) is 0.773. The van der Waals surface area contributed by atoms with E-state index in [0.29, 0.717) is 16.5 Å². The van der Waals surface area contributed by atoms with E-state index in [9.17, 15) is 0 Å². The Kier molecular flexibility index (Phi) is 3.58. The minimum atomic E-state index is 0.236. The van der Waals surface area contributed by atoms with Crippen molar-refractivity contribution in [3.63, 3.8) is 0 Å². The molecule has 0 aliphatic carbocycles. The van der Waals surface area contributed by atoms with Crippen molar-refractivity contribution in [1.29, 1.82) is 0 Å². The largest absolute Gasteiger partial charge is 0.486 e. The third kappa shape index (κ3) is 2.95. The Morgan fingerprint density at radius 1 is 1.54 bits per heavy atom. The number of benzene rings is 1. The van der Waals surface area contributed by atoms with E-state index >= 15 is 0 Å². The Bertz CT molecular complexity index is 312. The summed E-state index contributed by atoms with van der Waals surface area (Å²) in [5.41, 5.74) is 0.500. The van der Waals surface area contributed by atoms with Crippen LogP contribution in [0.5, 0.6) is 5.75 Å². The van der Waals surface area contributed by atoms with Crippen molar-refractivity contribution in [1.82, 2.24) is 0 Å². The second-order valence-electron chi connectivity index (χ2n) is 2.55. The van der Waals surface area contributed by atoms with Crippen molar-refractivity contribution < 1.29 is 9.94 Å². The third-order valence-corrected chi connectivity index (χ3v) is 1.76. The van der Waals surface area contributed by atoms with E-state index in [2.05, 4.69) is 5.16 Å². The quantitative estimate of drug-likeness (QED) is 0.462. The van der Waals surface area contributed by atoms with E-state index in [1.165, 1.54) is 0 Å². The summed E-state index contributed by atoms with van der Waals surface area (Å²) in [5, 5.41) is 11.9. The molecule has 0 radical (unpaired) electrons. The molecule has 1 N–H and O–H groups in total. The Labute approximate surface area is 81.6 Å². The standard InChI is InChI=1S/C9H10ClNO2/c1-7(11-12)6-13-9-5-3-2-4-8(9)10/h2-5,12H,6H2,1H3. The molecule has 0 saturated carbocycles. The zero-order chi connectivity index (χ0) is 9.68. The van der Waals surface area contributed by atoms with Gasteiger partial charge in [0.25, 0.3) is 0 Å². The molecule has 0 bridgehead atoms. The van der Waals surface area contributed by atoms with Crippen molar-refractivity contribution in [2.75, 3.05) is 6.61 Å². The highest BCUT2D eigenvalue weighted by atomic mass is 35.5. The Morgan fingerprint density at radius 3 is 2.85 bits per heavy atom. The summed E-state index contributed by atoms with van der Waals surface area (Å²) in [4.78, 5) is 0. The summed E-state index contributed by atoms with van der Waals surface area (Å²) >= 11 is 5.82.